The summed E-state index contributed by atoms with van der Waals surface area (Å²) in [7, 11) is 1.29. The molecule has 2 nitrogen and oxygen atoms in total. The summed E-state index contributed by atoms with van der Waals surface area (Å²) < 4.78 is 4.49. The van der Waals surface area contributed by atoms with Crippen molar-refractivity contribution in [1.29, 1.82) is 0 Å². The molecule has 1 atom stereocenters. The summed E-state index contributed by atoms with van der Waals surface area (Å²) in [5.74, 6) is -0.482. The zero-order valence-electron chi connectivity index (χ0n) is 6.96. The zero-order chi connectivity index (χ0) is 9.84. The van der Waals surface area contributed by atoms with E-state index in [4.69, 9.17) is 23.2 Å². The second-order valence-corrected chi connectivity index (χ2v) is 3.31. The number of carbonyl (C=O) groups is 1. The first-order valence-electron chi connectivity index (χ1n) is 3.62. The summed E-state index contributed by atoms with van der Waals surface area (Å²) >= 11 is 11.5. The Kier molecular flexibility index (Phi) is 3.58. The van der Waals surface area contributed by atoms with Gasteiger partial charge in [0.05, 0.1) is 7.11 Å². The topological polar surface area (TPSA) is 26.3 Å². The summed E-state index contributed by atoms with van der Waals surface area (Å²) in [5.41, 5.74) is 0.640. The van der Waals surface area contributed by atoms with E-state index in [9.17, 15) is 4.79 Å². The van der Waals surface area contributed by atoms with Crippen LogP contribution in [0, 0.1) is 0 Å². The van der Waals surface area contributed by atoms with Crippen LogP contribution < -0.4 is 0 Å². The molecule has 70 valence electrons. The van der Waals surface area contributed by atoms with Crippen LogP contribution in [0.4, 0.5) is 0 Å². The number of carbonyl (C=O) groups excluding carboxylic acids is 1. The van der Waals surface area contributed by atoms with Crippen molar-refractivity contribution in [2.45, 2.75) is 5.38 Å². The van der Waals surface area contributed by atoms with Gasteiger partial charge in [0, 0.05) is 5.02 Å². The van der Waals surface area contributed by atoms with E-state index in [-0.39, 0.29) is 0 Å². The van der Waals surface area contributed by atoms with Crippen LogP contribution in [0.2, 0.25) is 5.02 Å². The first-order chi connectivity index (χ1) is 6.15. The maximum atomic E-state index is 11.0. The molecule has 1 aromatic carbocycles. The lowest BCUT2D eigenvalue weighted by molar-refractivity contribution is -0.140. The maximum Gasteiger partial charge on any atom is 0.328 e. The van der Waals surface area contributed by atoms with Crippen molar-refractivity contribution in [2.75, 3.05) is 7.11 Å². The molecule has 0 spiro atoms. The number of hydrogen-bond donors (Lipinski definition) is 0. The minimum absolute atomic E-state index is 0.482. The van der Waals surface area contributed by atoms with Gasteiger partial charge in [0.1, 0.15) is 0 Å². The lowest BCUT2D eigenvalue weighted by Gasteiger charge is -2.06. The average molecular weight is 219 g/mol. The van der Waals surface area contributed by atoms with Crippen LogP contribution in [0.5, 0.6) is 0 Å². The lowest BCUT2D eigenvalue weighted by Crippen LogP contribution is -2.08. The van der Waals surface area contributed by atoms with E-state index >= 15 is 0 Å². The van der Waals surface area contributed by atoms with Gasteiger partial charge in [-0.15, -0.1) is 11.6 Å². The van der Waals surface area contributed by atoms with Crippen LogP contribution in [0.1, 0.15) is 10.9 Å². The van der Waals surface area contributed by atoms with Gasteiger partial charge in [-0.25, -0.2) is 0 Å². The molecule has 0 aliphatic heterocycles. The average Bonchev–Trinajstić information content (AvgIpc) is 2.15. The number of rotatable bonds is 2. The molecule has 1 aromatic rings. The fourth-order valence-corrected chi connectivity index (χ4v) is 1.33. The van der Waals surface area contributed by atoms with Gasteiger partial charge in [0.2, 0.25) is 0 Å². The summed E-state index contributed by atoms with van der Waals surface area (Å²) in [6, 6.07) is 6.80. The molecule has 0 bridgehead atoms. The van der Waals surface area contributed by atoms with Gasteiger partial charge in [0.15, 0.2) is 5.38 Å². The van der Waals surface area contributed by atoms with E-state index in [1.807, 2.05) is 0 Å². The van der Waals surface area contributed by atoms with Crippen molar-refractivity contribution in [3.05, 3.63) is 34.9 Å². The molecule has 1 rings (SSSR count). The molecule has 0 fully saturated rings. The zero-order valence-corrected chi connectivity index (χ0v) is 8.47. The van der Waals surface area contributed by atoms with E-state index in [0.717, 1.165) is 0 Å². The number of hydrogen-bond acceptors (Lipinski definition) is 2. The smallest absolute Gasteiger partial charge is 0.328 e. The van der Waals surface area contributed by atoms with E-state index in [2.05, 4.69) is 4.74 Å². The Labute approximate surface area is 86.4 Å². The van der Waals surface area contributed by atoms with Crippen molar-refractivity contribution in [3.8, 4) is 0 Å². The van der Waals surface area contributed by atoms with Gasteiger partial charge >= 0.3 is 5.97 Å². The van der Waals surface area contributed by atoms with Crippen molar-refractivity contribution in [1.82, 2.24) is 0 Å². The van der Waals surface area contributed by atoms with Crippen molar-refractivity contribution >= 4 is 29.2 Å². The molecule has 0 radical (unpaired) electrons. The van der Waals surface area contributed by atoms with Crippen LogP contribution in [-0.2, 0) is 9.53 Å². The third-order valence-corrected chi connectivity index (χ3v) is 2.21. The Hall–Kier alpha value is -0.730. The molecule has 0 heterocycles. The summed E-state index contributed by atoms with van der Waals surface area (Å²) in [5, 5.41) is -0.240. The van der Waals surface area contributed by atoms with Gasteiger partial charge in [-0.2, -0.15) is 0 Å². The highest BCUT2D eigenvalue weighted by Crippen LogP contribution is 2.23. The van der Waals surface area contributed by atoms with Gasteiger partial charge in [-0.3, -0.25) is 4.79 Å². The molecule has 0 aliphatic carbocycles. The van der Waals surface area contributed by atoms with E-state index in [1.165, 1.54) is 7.11 Å². The third kappa shape index (κ3) is 2.61. The Balaban J connectivity index is 2.88. The van der Waals surface area contributed by atoms with Gasteiger partial charge in [-0.1, -0.05) is 23.7 Å². The predicted octanol–water partition coefficient (Wildman–Crippen LogP) is 2.79. The van der Waals surface area contributed by atoms with Crippen molar-refractivity contribution < 1.29 is 9.53 Å². The van der Waals surface area contributed by atoms with Crippen molar-refractivity contribution in [2.24, 2.45) is 0 Å². The standard InChI is InChI=1S/C9H8Cl2O2/c1-13-9(12)8(11)6-3-2-4-7(10)5-6/h2-5,8H,1H3/t8-/m0/s1. The molecule has 0 N–H and O–H groups in total. The van der Waals surface area contributed by atoms with Crippen molar-refractivity contribution in [3.63, 3.8) is 0 Å². The molecule has 4 heteroatoms. The highest BCUT2D eigenvalue weighted by atomic mass is 35.5. The fraction of sp³-hybridized carbons (Fsp3) is 0.222. The van der Waals surface area contributed by atoms with Crippen LogP contribution in [0.25, 0.3) is 0 Å². The van der Waals surface area contributed by atoms with Gasteiger partial charge < -0.3 is 4.74 Å². The van der Waals surface area contributed by atoms with Crippen LogP contribution in [-0.4, -0.2) is 13.1 Å². The molecular formula is C9H8Cl2O2. The Morgan fingerprint density at radius 3 is 2.77 bits per heavy atom. The minimum atomic E-state index is -0.788. The second kappa shape index (κ2) is 4.49. The van der Waals surface area contributed by atoms with E-state index in [0.29, 0.717) is 10.6 Å². The first-order valence-corrected chi connectivity index (χ1v) is 4.44. The Bertz CT molecular complexity index is 312. The maximum absolute atomic E-state index is 11.0. The van der Waals surface area contributed by atoms with E-state index < -0.39 is 11.3 Å². The molecular weight excluding hydrogens is 211 g/mol. The summed E-state index contributed by atoms with van der Waals surface area (Å²) in [6.45, 7) is 0. The number of benzene rings is 1. The normalized spacial score (nSPS) is 12.2. The molecule has 0 saturated heterocycles. The second-order valence-electron chi connectivity index (χ2n) is 2.44. The minimum Gasteiger partial charge on any atom is -0.468 e. The number of methoxy groups -OCH3 is 1. The number of halogens is 2. The molecule has 13 heavy (non-hydrogen) atoms. The molecule has 0 saturated carbocycles. The monoisotopic (exact) mass is 218 g/mol. The SMILES string of the molecule is COC(=O)[C@@H](Cl)c1cccc(Cl)c1. The third-order valence-electron chi connectivity index (χ3n) is 1.55. The van der Waals surface area contributed by atoms with Crippen LogP contribution >= 0.6 is 23.2 Å². The van der Waals surface area contributed by atoms with Crippen LogP contribution in [0.3, 0.4) is 0 Å². The first kappa shape index (κ1) is 10.4. The Morgan fingerprint density at radius 1 is 1.54 bits per heavy atom. The molecule has 0 unspecified atom stereocenters. The number of ether oxygens (including phenoxy) is 1. The van der Waals surface area contributed by atoms with E-state index in [1.54, 1.807) is 24.3 Å². The highest BCUT2D eigenvalue weighted by Gasteiger charge is 2.17. The molecule has 0 aliphatic rings. The molecule has 0 aromatic heterocycles. The largest absolute Gasteiger partial charge is 0.468 e. The highest BCUT2D eigenvalue weighted by molar-refractivity contribution is 6.32. The predicted molar refractivity (Wildman–Crippen MR) is 52.1 cm³/mol. The van der Waals surface area contributed by atoms with Gasteiger partial charge in [0.25, 0.3) is 0 Å². The number of alkyl halides is 1. The van der Waals surface area contributed by atoms with Crippen LogP contribution in [0.15, 0.2) is 24.3 Å². The summed E-state index contributed by atoms with van der Waals surface area (Å²) in [4.78, 5) is 11.0. The Morgan fingerprint density at radius 2 is 2.23 bits per heavy atom. The summed E-state index contributed by atoms with van der Waals surface area (Å²) in [6.07, 6.45) is 0. The fourth-order valence-electron chi connectivity index (χ4n) is 0.904. The quantitative estimate of drug-likeness (QED) is 0.564. The van der Waals surface area contributed by atoms with Gasteiger partial charge in [-0.05, 0) is 17.7 Å². The molecule has 0 amide bonds. The lowest BCUT2D eigenvalue weighted by atomic mass is 10.1. The number of esters is 1.